The molecule has 3 heteroatoms. The van der Waals surface area contributed by atoms with Crippen LogP contribution in [0.25, 0.3) is 0 Å². The van der Waals surface area contributed by atoms with Crippen molar-refractivity contribution in [2.75, 3.05) is 13.7 Å². The van der Waals surface area contributed by atoms with E-state index in [2.05, 4.69) is 26.1 Å². The second kappa shape index (κ2) is 4.97. The van der Waals surface area contributed by atoms with Gasteiger partial charge in [-0.25, -0.2) is 0 Å². The van der Waals surface area contributed by atoms with Gasteiger partial charge in [0, 0.05) is 6.04 Å². The molecule has 0 saturated carbocycles. The van der Waals surface area contributed by atoms with Gasteiger partial charge in [0.1, 0.15) is 0 Å². The molecule has 1 saturated heterocycles. The van der Waals surface area contributed by atoms with Gasteiger partial charge in [-0.1, -0.05) is 20.8 Å². The lowest BCUT2D eigenvalue weighted by molar-refractivity contribution is -0.146. The van der Waals surface area contributed by atoms with E-state index in [0.29, 0.717) is 11.5 Å². The summed E-state index contributed by atoms with van der Waals surface area (Å²) in [6.07, 6.45) is 2.94. The lowest BCUT2D eigenvalue weighted by Crippen LogP contribution is -2.42. The van der Waals surface area contributed by atoms with Crippen molar-refractivity contribution < 1.29 is 9.53 Å². The highest BCUT2D eigenvalue weighted by Crippen LogP contribution is 2.27. The monoisotopic (exact) mass is 213 g/mol. The van der Waals surface area contributed by atoms with E-state index in [-0.39, 0.29) is 11.9 Å². The molecule has 1 fully saturated rings. The molecule has 1 heterocycles. The first kappa shape index (κ1) is 12.5. The van der Waals surface area contributed by atoms with Crippen LogP contribution in [0.4, 0.5) is 0 Å². The van der Waals surface area contributed by atoms with Crippen LogP contribution in [0.3, 0.4) is 0 Å². The second-order valence-corrected chi connectivity index (χ2v) is 5.66. The first-order chi connectivity index (χ1) is 6.92. The summed E-state index contributed by atoms with van der Waals surface area (Å²) in [6.45, 7) is 7.63. The van der Waals surface area contributed by atoms with Crippen LogP contribution in [-0.4, -0.2) is 25.7 Å². The number of piperidine rings is 1. The summed E-state index contributed by atoms with van der Waals surface area (Å²) < 4.78 is 4.80. The van der Waals surface area contributed by atoms with Crippen molar-refractivity contribution >= 4 is 5.97 Å². The molecule has 88 valence electrons. The van der Waals surface area contributed by atoms with E-state index >= 15 is 0 Å². The fourth-order valence-electron chi connectivity index (χ4n) is 2.28. The van der Waals surface area contributed by atoms with Crippen molar-refractivity contribution in [2.45, 2.75) is 46.1 Å². The summed E-state index contributed by atoms with van der Waals surface area (Å²) in [6, 6.07) is 0.461. The van der Waals surface area contributed by atoms with Gasteiger partial charge in [0.05, 0.1) is 13.0 Å². The lowest BCUT2D eigenvalue weighted by atomic mass is 9.82. The third kappa shape index (κ3) is 4.20. The molecule has 0 radical (unpaired) electrons. The zero-order chi connectivity index (χ0) is 11.5. The van der Waals surface area contributed by atoms with Gasteiger partial charge in [-0.3, -0.25) is 4.79 Å². The van der Waals surface area contributed by atoms with E-state index < -0.39 is 0 Å². The zero-order valence-corrected chi connectivity index (χ0v) is 10.3. The number of ether oxygens (including phenoxy) is 1. The first-order valence-electron chi connectivity index (χ1n) is 5.73. The molecule has 0 unspecified atom stereocenters. The normalized spacial score (nSPS) is 27.5. The molecule has 1 N–H and O–H groups in total. The highest BCUT2D eigenvalue weighted by molar-refractivity contribution is 5.72. The van der Waals surface area contributed by atoms with Crippen molar-refractivity contribution in [3.63, 3.8) is 0 Å². The van der Waals surface area contributed by atoms with Gasteiger partial charge in [0.25, 0.3) is 0 Å². The maximum absolute atomic E-state index is 11.4. The molecule has 0 aromatic heterocycles. The van der Waals surface area contributed by atoms with Crippen LogP contribution in [0.5, 0.6) is 0 Å². The SMILES string of the molecule is COC(=O)[C@H]1CCN[C@@H](CC(C)(C)C)C1. The quantitative estimate of drug-likeness (QED) is 0.713. The number of carbonyl (C=O) groups is 1. The predicted molar refractivity (Wildman–Crippen MR) is 60.6 cm³/mol. The number of rotatable bonds is 2. The molecule has 0 bridgehead atoms. The molecule has 1 rings (SSSR count). The van der Waals surface area contributed by atoms with Crippen LogP contribution >= 0.6 is 0 Å². The summed E-state index contributed by atoms with van der Waals surface area (Å²) in [5.74, 6) is 0.0546. The Morgan fingerprint density at radius 2 is 2.13 bits per heavy atom. The van der Waals surface area contributed by atoms with Crippen LogP contribution in [-0.2, 0) is 9.53 Å². The first-order valence-corrected chi connectivity index (χ1v) is 5.73. The van der Waals surface area contributed by atoms with Crippen LogP contribution in [0.15, 0.2) is 0 Å². The molecule has 15 heavy (non-hydrogen) atoms. The van der Waals surface area contributed by atoms with E-state index in [1.165, 1.54) is 7.11 Å². The van der Waals surface area contributed by atoms with Crippen LogP contribution in [0.1, 0.15) is 40.0 Å². The van der Waals surface area contributed by atoms with Crippen molar-refractivity contribution in [2.24, 2.45) is 11.3 Å². The summed E-state index contributed by atoms with van der Waals surface area (Å²) in [7, 11) is 1.48. The largest absolute Gasteiger partial charge is 0.469 e. The third-order valence-electron chi connectivity index (χ3n) is 2.89. The molecule has 0 spiro atoms. The van der Waals surface area contributed by atoms with Crippen molar-refractivity contribution in [1.82, 2.24) is 5.32 Å². The van der Waals surface area contributed by atoms with Gasteiger partial charge in [-0.05, 0) is 31.2 Å². The van der Waals surface area contributed by atoms with E-state index in [1.807, 2.05) is 0 Å². The highest BCUT2D eigenvalue weighted by Gasteiger charge is 2.29. The standard InChI is InChI=1S/C12H23NO2/c1-12(2,3)8-10-7-9(5-6-13-10)11(14)15-4/h9-10,13H,5-8H2,1-4H3/t9-,10+/m0/s1. The van der Waals surface area contributed by atoms with E-state index in [9.17, 15) is 4.79 Å². The summed E-state index contributed by atoms with van der Waals surface area (Å²) in [4.78, 5) is 11.4. The van der Waals surface area contributed by atoms with Crippen LogP contribution in [0.2, 0.25) is 0 Å². The summed E-state index contributed by atoms with van der Waals surface area (Å²) >= 11 is 0. The third-order valence-corrected chi connectivity index (χ3v) is 2.89. The van der Waals surface area contributed by atoms with Gasteiger partial charge < -0.3 is 10.1 Å². The molecule has 1 aliphatic rings. The molecule has 0 amide bonds. The number of hydrogen-bond donors (Lipinski definition) is 1. The Bertz CT molecular complexity index is 220. The molecule has 2 atom stereocenters. The topological polar surface area (TPSA) is 38.3 Å². The molecule has 1 aliphatic heterocycles. The Morgan fingerprint density at radius 1 is 1.47 bits per heavy atom. The van der Waals surface area contributed by atoms with Gasteiger partial charge >= 0.3 is 5.97 Å². The van der Waals surface area contributed by atoms with Gasteiger partial charge in [0.2, 0.25) is 0 Å². The van der Waals surface area contributed by atoms with Gasteiger partial charge in [-0.2, -0.15) is 0 Å². The predicted octanol–water partition coefficient (Wildman–Crippen LogP) is 1.96. The average Bonchev–Trinajstić information content (AvgIpc) is 2.14. The molecule has 0 aliphatic carbocycles. The number of methoxy groups -OCH3 is 1. The minimum Gasteiger partial charge on any atom is -0.469 e. The Hall–Kier alpha value is -0.570. The fourth-order valence-corrected chi connectivity index (χ4v) is 2.28. The minimum absolute atomic E-state index is 0.0459. The van der Waals surface area contributed by atoms with Crippen molar-refractivity contribution in [3.05, 3.63) is 0 Å². The minimum atomic E-state index is -0.0459. The second-order valence-electron chi connectivity index (χ2n) is 5.66. The Kier molecular flexibility index (Phi) is 4.14. The average molecular weight is 213 g/mol. The number of carbonyl (C=O) groups excluding carboxylic acids is 1. The van der Waals surface area contributed by atoms with Gasteiger partial charge in [0.15, 0.2) is 0 Å². The van der Waals surface area contributed by atoms with Crippen LogP contribution in [0, 0.1) is 11.3 Å². The van der Waals surface area contributed by atoms with Crippen LogP contribution < -0.4 is 5.32 Å². The summed E-state index contributed by atoms with van der Waals surface area (Å²) in [5, 5.41) is 3.48. The van der Waals surface area contributed by atoms with E-state index in [1.54, 1.807) is 0 Å². The van der Waals surface area contributed by atoms with E-state index in [4.69, 9.17) is 4.74 Å². The highest BCUT2D eigenvalue weighted by atomic mass is 16.5. The molecule has 0 aromatic rings. The molecule has 3 nitrogen and oxygen atoms in total. The maximum atomic E-state index is 11.4. The van der Waals surface area contributed by atoms with E-state index in [0.717, 1.165) is 25.8 Å². The number of esters is 1. The molecule has 0 aromatic carbocycles. The Balaban J connectivity index is 2.46. The zero-order valence-electron chi connectivity index (χ0n) is 10.3. The Labute approximate surface area is 92.6 Å². The number of hydrogen-bond acceptors (Lipinski definition) is 3. The van der Waals surface area contributed by atoms with Crippen molar-refractivity contribution in [3.8, 4) is 0 Å². The summed E-state index contributed by atoms with van der Waals surface area (Å²) in [5.41, 5.74) is 0.315. The molecular formula is C12H23NO2. The Morgan fingerprint density at radius 3 is 2.67 bits per heavy atom. The lowest BCUT2D eigenvalue weighted by Gasteiger charge is -2.33. The maximum Gasteiger partial charge on any atom is 0.308 e. The smallest absolute Gasteiger partial charge is 0.308 e. The fraction of sp³-hybridized carbons (Fsp3) is 0.917. The molecular weight excluding hydrogens is 190 g/mol. The number of nitrogens with one attached hydrogen (secondary N) is 1. The van der Waals surface area contributed by atoms with Gasteiger partial charge in [-0.15, -0.1) is 0 Å². The van der Waals surface area contributed by atoms with Crippen molar-refractivity contribution in [1.29, 1.82) is 0 Å².